The summed E-state index contributed by atoms with van der Waals surface area (Å²) in [4.78, 5) is 8.98. The molecule has 2 aromatic heterocycles. The Morgan fingerprint density at radius 2 is 1.74 bits per heavy atom. The van der Waals surface area contributed by atoms with E-state index in [-0.39, 0.29) is 0 Å². The molecule has 0 fully saturated rings. The fraction of sp³-hybridized carbons (Fsp3) is 0.150. The molecular weight excluding hydrogens is 420 g/mol. The number of sulfonamides is 1. The van der Waals surface area contributed by atoms with Crippen LogP contribution in [0.1, 0.15) is 0 Å². The predicted molar refractivity (Wildman–Crippen MR) is 118 cm³/mol. The van der Waals surface area contributed by atoms with E-state index < -0.39 is 10.0 Å². The minimum atomic E-state index is -3.39. The third kappa shape index (κ3) is 4.67. The maximum Gasteiger partial charge on any atom is 0.247 e. The summed E-state index contributed by atoms with van der Waals surface area (Å²) in [6.45, 7) is 0. The zero-order valence-electron chi connectivity index (χ0n) is 17.0. The van der Waals surface area contributed by atoms with Crippen LogP contribution < -0.4 is 19.5 Å². The molecule has 0 amide bonds. The topological polar surface area (TPSA) is 120 Å². The van der Waals surface area contributed by atoms with E-state index in [1.807, 2.05) is 6.07 Å². The minimum Gasteiger partial charge on any atom is -0.497 e. The van der Waals surface area contributed by atoms with Crippen molar-refractivity contribution < 1.29 is 17.9 Å². The van der Waals surface area contributed by atoms with E-state index in [2.05, 4.69) is 25.1 Å². The minimum absolute atomic E-state index is 0.356. The number of benzene rings is 2. The number of nitrogens with zero attached hydrogens (tertiary/aromatic N) is 4. The van der Waals surface area contributed by atoms with Crippen molar-refractivity contribution in [1.82, 2.24) is 19.6 Å². The first-order valence-corrected chi connectivity index (χ1v) is 11.0. The van der Waals surface area contributed by atoms with Crippen LogP contribution in [0, 0.1) is 0 Å². The molecule has 11 heteroatoms. The van der Waals surface area contributed by atoms with Crippen molar-refractivity contribution >= 4 is 33.0 Å². The molecule has 0 radical (unpaired) electrons. The summed E-state index contributed by atoms with van der Waals surface area (Å²) >= 11 is 0. The van der Waals surface area contributed by atoms with Crippen LogP contribution in [0.5, 0.6) is 11.5 Å². The number of rotatable bonds is 7. The van der Waals surface area contributed by atoms with Gasteiger partial charge in [-0.05, 0) is 12.1 Å². The quantitative estimate of drug-likeness (QED) is 0.450. The summed E-state index contributed by atoms with van der Waals surface area (Å²) in [5, 5.41) is 7.59. The Kier molecular flexibility index (Phi) is 5.34. The molecule has 0 aliphatic carbocycles. The van der Waals surface area contributed by atoms with Crippen molar-refractivity contribution in [1.29, 1.82) is 0 Å². The van der Waals surface area contributed by atoms with Gasteiger partial charge < -0.3 is 14.8 Å². The molecule has 0 aliphatic rings. The summed E-state index contributed by atoms with van der Waals surface area (Å²) in [7, 11) is -0.243. The molecule has 160 valence electrons. The van der Waals surface area contributed by atoms with Crippen molar-refractivity contribution in [3.63, 3.8) is 0 Å². The summed E-state index contributed by atoms with van der Waals surface area (Å²) in [5.74, 6) is 1.61. The lowest BCUT2D eigenvalue weighted by Crippen LogP contribution is -2.09. The molecule has 31 heavy (non-hydrogen) atoms. The third-order valence-corrected chi connectivity index (χ3v) is 4.91. The second-order valence-electron chi connectivity index (χ2n) is 6.66. The van der Waals surface area contributed by atoms with Gasteiger partial charge >= 0.3 is 0 Å². The fourth-order valence-electron chi connectivity index (χ4n) is 3.03. The van der Waals surface area contributed by atoms with Crippen LogP contribution in [-0.4, -0.2) is 48.5 Å². The number of nitrogens with one attached hydrogen (secondary N) is 2. The first-order chi connectivity index (χ1) is 14.8. The lowest BCUT2D eigenvalue weighted by Gasteiger charge is -2.08. The van der Waals surface area contributed by atoms with Crippen molar-refractivity contribution in [3.8, 4) is 22.8 Å². The number of hydrogen-bond donors (Lipinski definition) is 2. The van der Waals surface area contributed by atoms with Gasteiger partial charge in [0.2, 0.25) is 16.0 Å². The van der Waals surface area contributed by atoms with Gasteiger partial charge in [-0.15, -0.1) is 5.10 Å². The zero-order valence-corrected chi connectivity index (χ0v) is 17.8. The number of aromatic nitrogens is 4. The number of fused-ring (bicyclic) bond motifs is 1. The molecule has 2 N–H and O–H groups in total. The van der Waals surface area contributed by atoms with Gasteiger partial charge in [0.15, 0.2) is 5.65 Å². The average Bonchev–Trinajstić information content (AvgIpc) is 3.14. The van der Waals surface area contributed by atoms with Crippen LogP contribution in [-0.2, 0) is 10.0 Å². The molecule has 0 atom stereocenters. The lowest BCUT2D eigenvalue weighted by atomic mass is 10.1. The van der Waals surface area contributed by atoms with Gasteiger partial charge in [-0.2, -0.15) is 4.98 Å². The number of hydrogen-bond acceptors (Lipinski definition) is 8. The molecule has 0 unspecified atom stereocenters. The fourth-order valence-corrected chi connectivity index (χ4v) is 3.58. The van der Waals surface area contributed by atoms with Crippen LogP contribution in [0.3, 0.4) is 0 Å². The normalized spacial score (nSPS) is 11.3. The van der Waals surface area contributed by atoms with E-state index in [4.69, 9.17) is 9.47 Å². The van der Waals surface area contributed by atoms with Crippen molar-refractivity contribution in [2.24, 2.45) is 0 Å². The molecule has 2 heterocycles. The second-order valence-corrected chi connectivity index (χ2v) is 8.41. The van der Waals surface area contributed by atoms with E-state index in [0.29, 0.717) is 45.7 Å². The molecule has 0 spiro atoms. The van der Waals surface area contributed by atoms with Gasteiger partial charge in [0.25, 0.3) is 0 Å². The Morgan fingerprint density at radius 1 is 1.00 bits per heavy atom. The summed E-state index contributed by atoms with van der Waals surface area (Å²) < 4.78 is 37.7. The number of anilines is 3. The van der Waals surface area contributed by atoms with Crippen LogP contribution >= 0.6 is 0 Å². The molecule has 4 aromatic rings. The molecule has 0 saturated carbocycles. The smallest absolute Gasteiger partial charge is 0.247 e. The van der Waals surface area contributed by atoms with Crippen molar-refractivity contribution in [3.05, 3.63) is 54.9 Å². The number of ether oxygens (including phenoxy) is 2. The molecule has 0 saturated heterocycles. The van der Waals surface area contributed by atoms with Crippen LogP contribution in [0.2, 0.25) is 0 Å². The Morgan fingerprint density at radius 3 is 2.42 bits per heavy atom. The van der Waals surface area contributed by atoms with E-state index in [1.165, 1.54) is 0 Å². The monoisotopic (exact) mass is 440 g/mol. The number of methoxy groups -OCH3 is 2. The highest BCUT2D eigenvalue weighted by Gasteiger charge is 2.13. The van der Waals surface area contributed by atoms with Crippen LogP contribution in [0.25, 0.3) is 16.9 Å². The van der Waals surface area contributed by atoms with Gasteiger partial charge in [0.05, 0.1) is 20.5 Å². The molecule has 4 rings (SSSR count). The highest BCUT2D eigenvalue weighted by Crippen LogP contribution is 2.29. The summed E-state index contributed by atoms with van der Waals surface area (Å²) in [6.07, 6.45) is 4.39. The first kappa shape index (κ1) is 20.4. The largest absolute Gasteiger partial charge is 0.497 e. The van der Waals surface area contributed by atoms with Gasteiger partial charge in [-0.25, -0.2) is 12.9 Å². The van der Waals surface area contributed by atoms with Crippen LogP contribution in [0.4, 0.5) is 17.3 Å². The molecular formula is C20H20N6O4S. The molecule has 2 aromatic carbocycles. The van der Waals surface area contributed by atoms with Gasteiger partial charge in [-0.3, -0.25) is 9.71 Å². The van der Waals surface area contributed by atoms with Gasteiger partial charge in [0.1, 0.15) is 17.2 Å². The summed E-state index contributed by atoms with van der Waals surface area (Å²) in [6, 6.07) is 12.3. The molecule has 0 aliphatic heterocycles. The Labute approximate surface area is 178 Å². The highest BCUT2D eigenvalue weighted by molar-refractivity contribution is 7.92. The van der Waals surface area contributed by atoms with Crippen molar-refractivity contribution in [2.45, 2.75) is 0 Å². The molecule has 10 nitrogen and oxygen atoms in total. The Hall–Kier alpha value is -3.86. The third-order valence-electron chi connectivity index (χ3n) is 4.30. The lowest BCUT2D eigenvalue weighted by molar-refractivity contribution is 0.395. The SMILES string of the molecule is COc1cc(Nc2nc3c(-c4cccc(NS(C)(=O)=O)c4)nccn3n2)cc(OC)c1. The summed E-state index contributed by atoms with van der Waals surface area (Å²) in [5.41, 5.74) is 2.90. The molecule has 0 bridgehead atoms. The standard InChI is InChI=1S/C20H20N6O4S/c1-29-16-10-15(11-17(12-16)30-2)22-20-23-19-18(21-7-8-26(19)24-20)13-5-4-6-14(9-13)25-31(3,27)28/h4-12,25H,1-3H3,(H,22,24). The van der Waals surface area contributed by atoms with E-state index in [0.717, 1.165) is 6.26 Å². The first-order valence-electron chi connectivity index (χ1n) is 9.14. The van der Waals surface area contributed by atoms with E-state index >= 15 is 0 Å². The van der Waals surface area contributed by atoms with Crippen molar-refractivity contribution in [2.75, 3.05) is 30.5 Å². The Balaban J connectivity index is 1.71. The second kappa shape index (κ2) is 8.11. The average molecular weight is 440 g/mol. The van der Waals surface area contributed by atoms with Crippen LogP contribution in [0.15, 0.2) is 54.9 Å². The maximum absolute atomic E-state index is 11.5. The zero-order chi connectivity index (χ0) is 22.0. The van der Waals surface area contributed by atoms with Gasteiger partial charge in [0, 0.05) is 47.5 Å². The Bertz CT molecular complexity index is 1330. The predicted octanol–water partition coefficient (Wildman–Crippen LogP) is 2.92. The maximum atomic E-state index is 11.5. The highest BCUT2D eigenvalue weighted by atomic mass is 32.2. The van der Waals surface area contributed by atoms with E-state index in [9.17, 15) is 8.42 Å². The van der Waals surface area contributed by atoms with E-state index in [1.54, 1.807) is 67.5 Å². The van der Waals surface area contributed by atoms with Gasteiger partial charge in [-0.1, -0.05) is 12.1 Å².